The SMILES string of the molecule is C/C=C/C(=O)N1CCN(C(=O)[C@@H](CCCCN)NC(=O)C(CC(C)C)NC)CC1.NC(Cc1ccccc1)C(=O)N[C@@H](C=O)Cc1ccccc1.O=CO. The number of allylic oxidation sites excluding steroid dienone is 1. The van der Waals surface area contributed by atoms with Gasteiger partial charge in [0.25, 0.3) is 6.47 Å². The van der Waals surface area contributed by atoms with Crippen LogP contribution in [0, 0.1) is 5.92 Å². The van der Waals surface area contributed by atoms with Crippen LogP contribution in [0.4, 0.5) is 0 Å². The van der Waals surface area contributed by atoms with Gasteiger partial charge in [0.2, 0.25) is 23.6 Å². The fourth-order valence-electron chi connectivity index (χ4n) is 5.72. The van der Waals surface area contributed by atoms with Gasteiger partial charge in [0.15, 0.2) is 0 Å². The Kier molecular flexibility index (Phi) is 24.1. The molecule has 4 atom stereocenters. The number of nitrogens with two attached hydrogens (primary N) is 2. The molecule has 3 rings (SSSR count). The fraction of sp³-hybridized carbons (Fsp3) is 0.500. The lowest BCUT2D eigenvalue weighted by atomic mass is 10.0. The fourth-order valence-corrected chi connectivity index (χ4v) is 5.72. The van der Waals surface area contributed by atoms with Crippen molar-refractivity contribution in [2.24, 2.45) is 17.4 Å². The minimum Gasteiger partial charge on any atom is -0.483 e. The third kappa shape index (κ3) is 18.7. The smallest absolute Gasteiger partial charge is 0.290 e. The van der Waals surface area contributed by atoms with E-state index in [0.29, 0.717) is 64.3 Å². The highest BCUT2D eigenvalue weighted by atomic mass is 16.3. The molecule has 0 saturated carbocycles. The van der Waals surface area contributed by atoms with Crippen LogP contribution < -0.4 is 27.4 Å². The highest BCUT2D eigenvalue weighted by Gasteiger charge is 2.31. The van der Waals surface area contributed by atoms with Crippen molar-refractivity contribution in [3.8, 4) is 0 Å². The van der Waals surface area contributed by atoms with E-state index < -0.39 is 18.1 Å². The lowest BCUT2D eigenvalue weighted by molar-refractivity contribution is -0.141. The normalized spacial score (nSPS) is 14.6. The summed E-state index contributed by atoms with van der Waals surface area (Å²) in [6.07, 6.45) is 7.79. The molecule has 54 heavy (non-hydrogen) atoms. The van der Waals surface area contributed by atoms with Gasteiger partial charge in [0.1, 0.15) is 12.3 Å². The largest absolute Gasteiger partial charge is 0.483 e. The molecule has 2 unspecified atom stereocenters. The standard InChI is InChI=1S/C21H39N5O3.C18H20N2O2.CH2O2/c1-5-8-19(27)25-11-13-26(14-12-25)21(29)17(9-6-7-10-22)24-20(28)18(23-4)15-16(2)3;19-17(12-15-9-5-2-6-10-15)18(22)20-16(13-21)11-14-7-3-1-4-8-14;2-1-3/h5,8,16-18,23H,6-7,9-15,22H2,1-4H3,(H,24,28);1-10,13,16-17H,11-12,19H2,(H,20,22);1H,(H,2,3)/b8-5+;;/t17-,18?;16-,17?;/m11./s1. The maximum Gasteiger partial charge on any atom is 0.290 e. The Morgan fingerprint density at radius 3 is 1.83 bits per heavy atom. The molecule has 1 heterocycles. The quantitative estimate of drug-likeness (QED) is 0.0736. The average Bonchev–Trinajstić information content (AvgIpc) is 3.17. The molecular formula is C40H61N7O7. The number of carboxylic acid groups (broad SMARTS) is 1. The number of likely N-dealkylation sites (N-methyl/N-ethyl adjacent to an activating group) is 1. The first-order valence-corrected chi connectivity index (χ1v) is 18.5. The molecule has 2 aromatic carbocycles. The Bertz CT molecular complexity index is 1420. The van der Waals surface area contributed by atoms with Gasteiger partial charge >= 0.3 is 0 Å². The van der Waals surface area contributed by atoms with Crippen LogP contribution in [0.15, 0.2) is 72.8 Å². The minimum atomic E-state index is -0.666. The Labute approximate surface area is 320 Å². The lowest BCUT2D eigenvalue weighted by Gasteiger charge is -2.36. The number of carbonyl (C=O) groups is 6. The van der Waals surface area contributed by atoms with Crippen LogP contribution in [0.2, 0.25) is 0 Å². The van der Waals surface area contributed by atoms with E-state index in [9.17, 15) is 24.0 Å². The molecule has 1 aliphatic rings. The minimum absolute atomic E-state index is 0.0297. The zero-order chi connectivity index (χ0) is 40.3. The topological polar surface area (TPSA) is 217 Å². The predicted octanol–water partition coefficient (Wildman–Crippen LogP) is 1.66. The van der Waals surface area contributed by atoms with Crippen molar-refractivity contribution in [3.63, 3.8) is 0 Å². The summed E-state index contributed by atoms with van der Waals surface area (Å²) in [5.41, 5.74) is 13.5. The van der Waals surface area contributed by atoms with Gasteiger partial charge in [0.05, 0.1) is 18.1 Å². The molecule has 0 aromatic heterocycles. The zero-order valence-corrected chi connectivity index (χ0v) is 32.2. The van der Waals surface area contributed by atoms with Crippen molar-refractivity contribution in [3.05, 3.63) is 83.9 Å². The van der Waals surface area contributed by atoms with Crippen molar-refractivity contribution >= 4 is 36.4 Å². The summed E-state index contributed by atoms with van der Waals surface area (Å²) in [5, 5.41) is 15.6. The molecule has 1 fully saturated rings. The van der Waals surface area contributed by atoms with Crippen LogP contribution in [0.5, 0.6) is 0 Å². The highest BCUT2D eigenvalue weighted by Crippen LogP contribution is 2.12. The van der Waals surface area contributed by atoms with Gasteiger partial charge in [-0.15, -0.1) is 0 Å². The average molecular weight is 752 g/mol. The predicted molar refractivity (Wildman–Crippen MR) is 210 cm³/mol. The maximum absolute atomic E-state index is 13.1. The van der Waals surface area contributed by atoms with Gasteiger partial charge in [-0.25, -0.2) is 0 Å². The van der Waals surface area contributed by atoms with Gasteiger partial charge in [0, 0.05) is 26.2 Å². The van der Waals surface area contributed by atoms with Crippen LogP contribution in [-0.4, -0.2) is 115 Å². The molecule has 2 aromatic rings. The second kappa shape index (κ2) is 27.7. The number of hydrogen-bond donors (Lipinski definition) is 6. The summed E-state index contributed by atoms with van der Waals surface area (Å²) in [4.78, 5) is 73.0. The van der Waals surface area contributed by atoms with Crippen molar-refractivity contribution in [1.29, 1.82) is 0 Å². The molecule has 0 spiro atoms. The van der Waals surface area contributed by atoms with Gasteiger partial charge in [-0.05, 0) is 82.2 Å². The number of nitrogens with one attached hydrogen (secondary N) is 3. The van der Waals surface area contributed by atoms with Crippen LogP contribution in [0.3, 0.4) is 0 Å². The summed E-state index contributed by atoms with van der Waals surface area (Å²) in [6, 6.07) is 17.0. The van der Waals surface area contributed by atoms with E-state index in [1.807, 2.05) is 67.6 Å². The summed E-state index contributed by atoms with van der Waals surface area (Å²) in [6.45, 7) is 8.22. The number of amides is 4. The van der Waals surface area contributed by atoms with Crippen LogP contribution in [-0.2, 0) is 41.6 Å². The zero-order valence-electron chi connectivity index (χ0n) is 32.2. The number of benzene rings is 2. The number of hydrogen-bond acceptors (Lipinski definition) is 9. The van der Waals surface area contributed by atoms with Crippen LogP contribution >= 0.6 is 0 Å². The Hall–Kier alpha value is -4.92. The Morgan fingerprint density at radius 1 is 0.815 bits per heavy atom. The van der Waals surface area contributed by atoms with E-state index in [2.05, 4.69) is 29.8 Å². The van der Waals surface area contributed by atoms with Crippen molar-refractivity contribution in [1.82, 2.24) is 25.8 Å². The maximum atomic E-state index is 13.1. The molecule has 0 bridgehead atoms. The van der Waals surface area contributed by atoms with Gasteiger partial charge in [-0.1, -0.05) is 80.6 Å². The summed E-state index contributed by atoms with van der Waals surface area (Å²) < 4.78 is 0. The molecular weight excluding hydrogens is 690 g/mol. The first kappa shape index (κ1) is 47.1. The third-order valence-electron chi connectivity index (χ3n) is 8.57. The number of aldehydes is 1. The van der Waals surface area contributed by atoms with E-state index in [4.69, 9.17) is 21.4 Å². The molecule has 1 aliphatic heterocycles. The summed E-state index contributed by atoms with van der Waals surface area (Å²) >= 11 is 0. The number of rotatable bonds is 18. The molecule has 8 N–H and O–H groups in total. The second-order valence-electron chi connectivity index (χ2n) is 13.3. The van der Waals surface area contributed by atoms with Crippen LogP contribution in [0.1, 0.15) is 57.6 Å². The molecule has 0 aliphatic carbocycles. The summed E-state index contributed by atoms with van der Waals surface area (Å²) in [5.74, 6) is -0.190. The van der Waals surface area contributed by atoms with Crippen molar-refractivity contribution < 1.29 is 33.9 Å². The van der Waals surface area contributed by atoms with E-state index in [-0.39, 0.29) is 36.1 Å². The second-order valence-corrected chi connectivity index (χ2v) is 13.3. The number of unbranched alkanes of at least 4 members (excludes halogenated alkanes) is 1. The third-order valence-corrected chi connectivity index (χ3v) is 8.57. The van der Waals surface area contributed by atoms with Crippen molar-refractivity contribution in [2.45, 2.75) is 83.5 Å². The van der Waals surface area contributed by atoms with E-state index in [0.717, 1.165) is 30.3 Å². The highest BCUT2D eigenvalue weighted by molar-refractivity contribution is 5.90. The van der Waals surface area contributed by atoms with Gasteiger partial charge < -0.3 is 47.1 Å². The number of nitrogens with zero attached hydrogens (tertiary/aromatic N) is 2. The molecule has 4 amide bonds. The molecule has 0 radical (unpaired) electrons. The molecule has 298 valence electrons. The van der Waals surface area contributed by atoms with Crippen LogP contribution in [0.25, 0.3) is 0 Å². The monoisotopic (exact) mass is 751 g/mol. The Balaban J connectivity index is 0.000000518. The molecule has 1 saturated heterocycles. The van der Waals surface area contributed by atoms with E-state index in [1.54, 1.807) is 29.0 Å². The molecule has 14 nitrogen and oxygen atoms in total. The van der Waals surface area contributed by atoms with E-state index >= 15 is 0 Å². The number of carbonyl (C=O) groups excluding carboxylic acids is 5. The van der Waals surface area contributed by atoms with Crippen molar-refractivity contribution in [2.75, 3.05) is 39.8 Å². The Morgan fingerprint density at radius 2 is 1.35 bits per heavy atom. The lowest BCUT2D eigenvalue weighted by Crippen LogP contribution is -2.57. The molecule has 14 heteroatoms. The first-order chi connectivity index (χ1) is 25.9. The van der Waals surface area contributed by atoms with Gasteiger partial charge in [-0.2, -0.15) is 0 Å². The first-order valence-electron chi connectivity index (χ1n) is 18.5. The van der Waals surface area contributed by atoms with Gasteiger partial charge in [-0.3, -0.25) is 24.0 Å². The summed E-state index contributed by atoms with van der Waals surface area (Å²) in [7, 11) is 1.76. The van der Waals surface area contributed by atoms with E-state index in [1.165, 1.54) is 0 Å². The number of piperazine rings is 1.